The van der Waals surface area contributed by atoms with Gasteiger partial charge in [-0.05, 0) is 89.9 Å². The normalized spacial score (nSPS) is 13.5. The predicted molar refractivity (Wildman–Crippen MR) is 339 cm³/mol. The highest BCUT2D eigenvalue weighted by molar-refractivity contribution is 7.47. The summed E-state index contributed by atoms with van der Waals surface area (Å²) in [4.78, 5) is 35.2. The molecule has 0 aliphatic carbocycles. The van der Waals surface area contributed by atoms with E-state index in [9.17, 15) is 19.0 Å². The number of phosphoric acid groups is 1. The number of carbonyl (C=O) groups is 2. The van der Waals surface area contributed by atoms with E-state index in [4.69, 9.17) is 24.3 Å². The largest absolute Gasteiger partial charge is 0.472 e. The number of phosphoric ester groups is 1. The van der Waals surface area contributed by atoms with Gasteiger partial charge >= 0.3 is 19.8 Å². The molecule has 2 atom stereocenters. The van der Waals surface area contributed by atoms with Crippen LogP contribution in [-0.4, -0.2) is 49.3 Å². The zero-order valence-electron chi connectivity index (χ0n) is 51.3. The molecule has 0 aromatic heterocycles. The molecular formula is C69H124NO8P. The van der Waals surface area contributed by atoms with Crippen molar-refractivity contribution in [1.29, 1.82) is 0 Å². The van der Waals surface area contributed by atoms with E-state index in [1.165, 1.54) is 193 Å². The van der Waals surface area contributed by atoms with Crippen LogP contribution in [0.1, 0.15) is 309 Å². The zero-order chi connectivity index (χ0) is 57.3. The molecule has 79 heavy (non-hydrogen) atoms. The monoisotopic (exact) mass is 1130 g/mol. The molecule has 0 radical (unpaired) electrons. The van der Waals surface area contributed by atoms with Crippen LogP contribution in [0.25, 0.3) is 0 Å². The van der Waals surface area contributed by atoms with Gasteiger partial charge in [-0.25, -0.2) is 4.57 Å². The van der Waals surface area contributed by atoms with Crippen molar-refractivity contribution < 1.29 is 37.6 Å². The van der Waals surface area contributed by atoms with Gasteiger partial charge in [0.15, 0.2) is 6.10 Å². The topological polar surface area (TPSA) is 134 Å². The first-order valence-corrected chi connectivity index (χ1v) is 34.6. The van der Waals surface area contributed by atoms with Gasteiger partial charge < -0.3 is 20.1 Å². The molecule has 10 heteroatoms. The molecule has 0 bridgehead atoms. The molecule has 2 unspecified atom stereocenters. The van der Waals surface area contributed by atoms with Gasteiger partial charge in [0, 0.05) is 19.4 Å². The summed E-state index contributed by atoms with van der Waals surface area (Å²) in [6.07, 6.45) is 85.4. The van der Waals surface area contributed by atoms with Crippen LogP contribution in [0.3, 0.4) is 0 Å². The fraction of sp³-hybridized carbons (Fsp3) is 0.768. The zero-order valence-corrected chi connectivity index (χ0v) is 52.2. The van der Waals surface area contributed by atoms with Gasteiger partial charge in [0.2, 0.25) is 0 Å². The van der Waals surface area contributed by atoms with Crippen LogP contribution < -0.4 is 5.73 Å². The van der Waals surface area contributed by atoms with Crippen molar-refractivity contribution in [3.63, 3.8) is 0 Å². The Morgan fingerprint density at radius 1 is 0.392 bits per heavy atom. The predicted octanol–water partition coefficient (Wildman–Crippen LogP) is 21.4. The van der Waals surface area contributed by atoms with Crippen LogP contribution in [0.15, 0.2) is 85.1 Å². The Balaban J connectivity index is 3.77. The molecule has 0 aliphatic rings. The Kier molecular flexibility index (Phi) is 62.1. The first-order chi connectivity index (χ1) is 38.8. The number of rotatable bonds is 62. The molecule has 0 saturated carbocycles. The number of unbranched alkanes of at least 4 members (excludes halogenated alkanes) is 35. The fourth-order valence-electron chi connectivity index (χ4n) is 9.40. The Morgan fingerprint density at radius 2 is 0.696 bits per heavy atom. The van der Waals surface area contributed by atoms with Gasteiger partial charge in [-0.15, -0.1) is 0 Å². The lowest BCUT2D eigenvalue weighted by Crippen LogP contribution is -2.29. The SMILES string of the molecule is CC/C=C\C/C=C\C/C=C\C/C=C\C/C=C\CCCCCCCCCCCCCCCCCCCCCCCCCCCC(=O)OC(COC(=O)CCCCCCCCC/C=C\C/C=C\CCCCC)COP(=O)(O)OCCN. The average Bonchev–Trinajstić information content (AvgIpc) is 3.44. The van der Waals surface area contributed by atoms with Gasteiger partial charge in [-0.3, -0.25) is 18.6 Å². The lowest BCUT2D eigenvalue weighted by Gasteiger charge is -2.19. The first kappa shape index (κ1) is 76.2. The molecule has 458 valence electrons. The highest BCUT2D eigenvalue weighted by atomic mass is 31.2. The molecule has 9 nitrogen and oxygen atoms in total. The number of hydrogen-bond donors (Lipinski definition) is 2. The van der Waals surface area contributed by atoms with Crippen LogP contribution >= 0.6 is 7.82 Å². The second-order valence-electron chi connectivity index (χ2n) is 22.0. The van der Waals surface area contributed by atoms with E-state index >= 15 is 0 Å². The number of nitrogens with two attached hydrogens (primary N) is 1. The number of allylic oxidation sites excluding steroid dienone is 14. The lowest BCUT2D eigenvalue weighted by atomic mass is 10.0. The summed E-state index contributed by atoms with van der Waals surface area (Å²) in [6, 6.07) is 0. The van der Waals surface area contributed by atoms with Crippen molar-refractivity contribution in [2.75, 3.05) is 26.4 Å². The maximum Gasteiger partial charge on any atom is 0.472 e. The summed E-state index contributed by atoms with van der Waals surface area (Å²) in [7, 11) is -4.39. The van der Waals surface area contributed by atoms with E-state index in [2.05, 4.69) is 98.9 Å². The molecule has 0 aliphatic heterocycles. The second-order valence-corrected chi connectivity index (χ2v) is 23.4. The molecule has 0 heterocycles. The van der Waals surface area contributed by atoms with E-state index in [0.29, 0.717) is 6.42 Å². The summed E-state index contributed by atoms with van der Waals surface area (Å²) >= 11 is 0. The minimum atomic E-state index is -4.39. The molecule has 0 aromatic rings. The smallest absolute Gasteiger partial charge is 0.462 e. The molecule has 0 amide bonds. The van der Waals surface area contributed by atoms with Crippen molar-refractivity contribution in [2.45, 2.75) is 315 Å². The summed E-state index contributed by atoms with van der Waals surface area (Å²) in [5, 5.41) is 0. The second kappa shape index (κ2) is 64.4. The summed E-state index contributed by atoms with van der Waals surface area (Å²) in [6.45, 7) is 3.63. The van der Waals surface area contributed by atoms with Crippen LogP contribution in [-0.2, 0) is 32.7 Å². The average molecular weight is 1130 g/mol. The van der Waals surface area contributed by atoms with E-state index in [1.54, 1.807) is 0 Å². The standard InChI is InChI=1S/C69H124NO8P/c1-3-5-7-9-11-13-15-17-19-21-22-23-24-25-26-27-28-29-30-31-32-33-34-35-36-37-38-39-40-41-42-43-44-46-48-50-52-54-56-58-60-62-69(72)78-67(66-77-79(73,74)76-64-63-70)65-75-68(71)61-59-57-55-53-51-49-47-45-20-18-16-14-12-10-8-6-4-2/h5,7,11-14,17-20,22-23,25-26,67H,3-4,6,8-10,15-16,21,24,27-66,70H2,1-2H3,(H,73,74)/b7-5-,13-11-,14-12-,19-17-,20-18-,23-22-,26-25-. The molecule has 0 saturated heterocycles. The Morgan fingerprint density at radius 3 is 1.04 bits per heavy atom. The van der Waals surface area contributed by atoms with E-state index in [-0.39, 0.29) is 38.6 Å². The van der Waals surface area contributed by atoms with Crippen LogP contribution in [0.2, 0.25) is 0 Å². The minimum Gasteiger partial charge on any atom is -0.462 e. The van der Waals surface area contributed by atoms with E-state index in [0.717, 1.165) is 83.5 Å². The lowest BCUT2D eigenvalue weighted by molar-refractivity contribution is -0.161. The molecule has 0 fully saturated rings. The van der Waals surface area contributed by atoms with Crippen molar-refractivity contribution in [1.82, 2.24) is 0 Å². The number of carbonyl (C=O) groups excluding carboxylic acids is 2. The third-order valence-electron chi connectivity index (χ3n) is 14.3. The quantitative estimate of drug-likeness (QED) is 0.0264. The van der Waals surface area contributed by atoms with Gasteiger partial charge in [0.1, 0.15) is 6.61 Å². The van der Waals surface area contributed by atoms with Gasteiger partial charge in [0.05, 0.1) is 13.2 Å². The number of ether oxygens (including phenoxy) is 2. The summed E-state index contributed by atoms with van der Waals surface area (Å²) in [5.41, 5.74) is 5.39. The Bertz CT molecular complexity index is 1570. The maximum absolute atomic E-state index is 12.7. The van der Waals surface area contributed by atoms with Gasteiger partial charge in [-0.1, -0.05) is 292 Å². The fourth-order valence-corrected chi connectivity index (χ4v) is 10.2. The minimum absolute atomic E-state index is 0.0518. The Hall–Kier alpha value is -2.81. The summed E-state index contributed by atoms with van der Waals surface area (Å²) in [5.74, 6) is -0.826. The highest BCUT2D eigenvalue weighted by Crippen LogP contribution is 2.43. The number of hydrogen-bond acceptors (Lipinski definition) is 8. The van der Waals surface area contributed by atoms with Crippen LogP contribution in [0, 0.1) is 0 Å². The molecule has 0 aromatic carbocycles. The van der Waals surface area contributed by atoms with Crippen molar-refractivity contribution >= 4 is 19.8 Å². The third-order valence-corrected chi connectivity index (χ3v) is 15.2. The van der Waals surface area contributed by atoms with Gasteiger partial charge in [-0.2, -0.15) is 0 Å². The first-order valence-electron chi connectivity index (χ1n) is 33.1. The Labute approximate surface area is 487 Å². The van der Waals surface area contributed by atoms with Crippen molar-refractivity contribution in [3.05, 3.63) is 85.1 Å². The molecular weight excluding hydrogens is 1000 g/mol. The molecule has 3 N–H and O–H groups in total. The third kappa shape index (κ3) is 64.2. The van der Waals surface area contributed by atoms with E-state index < -0.39 is 26.5 Å². The maximum atomic E-state index is 12.7. The highest BCUT2D eigenvalue weighted by Gasteiger charge is 2.26. The molecule has 0 rings (SSSR count). The van der Waals surface area contributed by atoms with Crippen molar-refractivity contribution in [3.8, 4) is 0 Å². The van der Waals surface area contributed by atoms with Gasteiger partial charge in [0.25, 0.3) is 0 Å². The van der Waals surface area contributed by atoms with E-state index in [1.807, 2.05) is 0 Å². The van der Waals surface area contributed by atoms with Crippen LogP contribution in [0.4, 0.5) is 0 Å². The number of esters is 2. The van der Waals surface area contributed by atoms with Crippen molar-refractivity contribution in [2.24, 2.45) is 5.73 Å². The molecule has 0 spiro atoms. The summed E-state index contributed by atoms with van der Waals surface area (Å²) < 4.78 is 33.1. The van der Waals surface area contributed by atoms with Crippen LogP contribution in [0.5, 0.6) is 0 Å².